The minimum atomic E-state index is -3.72. The average Bonchev–Trinajstić information content (AvgIpc) is 2.78. The van der Waals surface area contributed by atoms with Crippen LogP contribution in [0.3, 0.4) is 0 Å². The van der Waals surface area contributed by atoms with Gasteiger partial charge in [0, 0.05) is 28.4 Å². The van der Waals surface area contributed by atoms with E-state index in [1.165, 1.54) is 19.2 Å². The quantitative estimate of drug-likeness (QED) is 0.436. The van der Waals surface area contributed by atoms with E-state index in [1.54, 1.807) is 23.9 Å². The van der Waals surface area contributed by atoms with Crippen LogP contribution in [0.4, 0.5) is 11.4 Å². The molecule has 0 saturated heterocycles. The summed E-state index contributed by atoms with van der Waals surface area (Å²) in [6, 6.07) is 20.0. The zero-order chi connectivity index (χ0) is 22.4. The Morgan fingerprint density at radius 2 is 1.71 bits per heavy atom. The fourth-order valence-electron chi connectivity index (χ4n) is 2.92. The monoisotopic (exact) mass is 455 g/mol. The summed E-state index contributed by atoms with van der Waals surface area (Å²) in [4.78, 5) is 13.9. The van der Waals surface area contributed by atoms with Crippen molar-refractivity contribution in [2.75, 3.05) is 23.9 Å². The van der Waals surface area contributed by atoms with Gasteiger partial charge in [-0.15, -0.1) is 11.8 Å². The second kappa shape index (κ2) is 10.00. The first-order valence-electron chi connectivity index (χ1n) is 9.64. The van der Waals surface area contributed by atoms with Crippen LogP contribution in [0.25, 0.3) is 0 Å². The molecule has 0 spiro atoms. The lowest BCUT2D eigenvalue weighted by molar-refractivity contribution is 0.102. The largest absolute Gasteiger partial charge is 0.381 e. The Bertz CT molecular complexity index is 1180. The molecule has 3 N–H and O–H groups in total. The van der Waals surface area contributed by atoms with E-state index in [0.717, 1.165) is 16.0 Å². The van der Waals surface area contributed by atoms with Gasteiger partial charge in [-0.1, -0.05) is 35.9 Å². The van der Waals surface area contributed by atoms with Crippen molar-refractivity contribution < 1.29 is 13.2 Å². The highest BCUT2D eigenvalue weighted by Gasteiger charge is 2.17. The second-order valence-electron chi connectivity index (χ2n) is 6.98. The number of carbonyl (C=O) groups is 1. The molecule has 0 heterocycles. The molecule has 0 fully saturated rings. The van der Waals surface area contributed by atoms with Gasteiger partial charge in [-0.05, 0) is 62.2 Å². The number of hydrogen-bond donors (Lipinski definition) is 3. The first kappa shape index (κ1) is 22.9. The van der Waals surface area contributed by atoms with Crippen LogP contribution >= 0.6 is 11.8 Å². The molecule has 0 bridgehead atoms. The SMILES string of the molecule is CNS(=O)(=O)c1cc(NCc2ccc(C)cc2)cc(C(=O)Nc2cccc(SC)c2)c1. The Morgan fingerprint density at radius 1 is 0.968 bits per heavy atom. The van der Waals surface area contributed by atoms with Gasteiger partial charge in [0.25, 0.3) is 5.91 Å². The lowest BCUT2D eigenvalue weighted by Crippen LogP contribution is -2.20. The fourth-order valence-corrected chi connectivity index (χ4v) is 4.18. The van der Waals surface area contributed by atoms with Gasteiger partial charge in [-0.25, -0.2) is 13.1 Å². The highest BCUT2D eigenvalue weighted by Crippen LogP contribution is 2.23. The summed E-state index contributed by atoms with van der Waals surface area (Å²) < 4.78 is 27.1. The van der Waals surface area contributed by atoms with E-state index in [0.29, 0.717) is 17.9 Å². The average molecular weight is 456 g/mol. The van der Waals surface area contributed by atoms with Gasteiger partial charge in [0.05, 0.1) is 4.90 Å². The maximum atomic E-state index is 12.9. The molecule has 0 saturated carbocycles. The molecule has 0 aromatic heterocycles. The standard InChI is InChI=1S/C23H25N3O3S2/c1-16-7-9-17(10-8-16)15-25-20-11-18(12-22(14-20)31(28,29)24-2)23(27)26-19-5-4-6-21(13-19)30-3/h4-14,24-25H,15H2,1-3H3,(H,26,27). The maximum Gasteiger partial charge on any atom is 0.255 e. The third-order valence-electron chi connectivity index (χ3n) is 4.69. The number of rotatable bonds is 8. The van der Waals surface area contributed by atoms with E-state index in [4.69, 9.17) is 0 Å². The molecule has 8 heteroatoms. The predicted octanol–water partition coefficient (Wildman–Crippen LogP) is 4.49. The highest BCUT2D eigenvalue weighted by atomic mass is 32.2. The highest BCUT2D eigenvalue weighted by molar-refractivity contribution is 7.98. The van der Waals surface area contributed by atoms with Gasteiger partial charge in [0.1, 0.15) is 0 Å². The van der Waals surface area contributed by atoms with Crippen molar-refractivity contribution in [3.63, 3.8) is 0 Å². The van der Waals surface area contributed by atoms with Crippen LogP contribution in [-0.4, -0.2) is 27.6 Å². The van der Waals surface area contributed by atoms with E-state index in [1.807, 2.05) is 55.6 Å². The molecule has 3 aromatic rings. The van der Waals surface area contributed by atoms with Gasteiger partial charge in [-0.2, -0.15) is 0 Å². The van der Waals surface area contributed by atoms with Crippen molar-refractivity contribution in [2.24, 2.45) is 0 Å². The molecule has 0 radical (unpaired) electrons. The normalized spacial score (nSPS) is 11.2. The molecule has 0 aliphatic rings. The molecule has 0 aliphatic heterocycles. The van der Waals surface area contributed by atoms with E-state index in [-0.39, 0.29) is 16.4 Å². The van der Waals surface area contributed by atoms with Gasteiger partial charge < -0.3 is 10.6 Å². The van der Waals surface area contributed by atoms with Gasteiger partial charge >= 0.3 is 0 Å². The summed E-state index contributed by atoms with van der Waals surface area (Å²) in [5, 5.41) is 6.06. The third kappa shape index (κ3) is 6.10. The fraction of sp³-hybridized carbons (Fsp3) is 0.174. The molecule has 31 heavy (non-hydrogen) atoms. The number of hydrogen-bond acceptors (Lipinski definition) is 5. The first-order chi connectivity index (χ1) is 14.8. The Kier molecular flexibility index (Phi) is 7.37. The number of amides is 1. The van der Waals surface area contributed by atoms with E-state index in [2.05, 4.69) is 15.4 Å². The van der Waals surface area contributed by atoms with Crippen molar-refractivity contribution in [2.45, 2.75) is 23.3 Å². The zero-order valence-corrected chi connectivity index (χ0v) is 19.2. The Morgan fingerprint density at radius 3 is 2.39 bits per heavy atom. The van der Waals surface area contributed by atoms with E-state index >= 15 is 0 Å². The summed E-state index contributed by atoms with van der Waals surface area (Å²) in [7, 11) is -2.38. The number of anilines is 2. The smallest absolute Gasteiger partial charge is 0.255 e. The van der Waals surface area contributed by atoms with Crippen molar-refractivity contribution in [3.8, 4) is 0 Å². The number of carbonyl (C=O) groups excluding carboxylic acids is 1. The maximum absolute atomic E-state index is 12.9. The molecule has 3 rings (SSSR count). The number of sulfonamides is 1. The molecule has 0 atom stereocenters. The second-order valence-corrected chi connectivity index (χ2v) is 9.75. The molecule has 0 unspecified atom stereocenters. The van der Waals surface area contributed by atoms with Gasteiger partial charge in [-0.3, -0.25) is 4.79 Å². The topological polar surface area (TPSA) is 87.3 Å². The number of benzene rings is 3. The lowest BCUT2D eigenvalue weighted by atomic mass is 10.1. The molecule has 162 valence electrons. The predicted molar refractivity (Wildman–Crippen MR) is 127 cm³/mol. The van der Waals surface area contributed by atoms with Crippen molar-refractivity contribution >= 4 is 39.1 Å². The minimum Gasteiger partial charge on any atom is -0.381 e. The zero-order valence-electron chi connectivity index (χ0n) is 17.6. The van der Waals surface area contributed by atoms with Crippen LogP contribution in [0.1, 0.15) is 21.5 Å². The lowest BCUT2D eigenvalue weighted by Gasteiger charge is -2.13. The molecular formula is C23H25N3O3S2. The van der Waals surface area contributed by atoms with Crippen LogP contribution in [0, 0.1) is 6.92 Å². The molecule has 1 amide bonds. The summed E-state index contributed by atoms with van der Waals surface area (Å²) >= 11 is 1.57. The molecule has 3 aromatic carbocycles. The first-order valence-corrected chi connectivity index (χ1v) is 12.3. The third-order valence-corrected chi connectivity index (χ3v) is 6.81. The van der Waals surface area contributed by atoms with E-state index < -0.39 is 10.0 Å². The van der Waals surface area contributed by atoms with Crippen LogP contribution in [0.2, 0.25) is 0 Å². The Labute approximate surface area is 187 Å². The molecular weight excluding hydrogens is 430 g/mol. The van der Waals surface area contributed by atoms with Crippen molar-refractivity contribution in [1.82, 2.24) is 4.72 Å². The van der Waals surface area contributed by atoms with Crippen LogP contribution in [0.5, 0.6) is 0 Å². The van der Waals surface area contributed by atoms with Crippen LogP contribution in [-0.2, 0) is 16.6 Å². The molecule has 0 aliphatic carbocycles. The molecule has 6 nitrogen and oxygen atoms in total. The summed E-state index contributed by atoms with van der Waals surface area (Å²) in [5.74, 6) is -0.384. The summed E-state index contributed by atoms with van der Waals surface area (Å²) in [6.45, 7) is 2.52. The van der Waals surface area contributed by atoms with Crippen molar-refractivity contribution in [3.05, 3.63) is 83.4 Å². The Balaban J connectivity index is 1.88. The Hall–Kier alpha value is -2.81. The number of aryl methyl sites for hydroxylation is 1. The van der Waals surface area contributed by atoms with Gasteiger partial charge in [0.2, 0.25) is 10.0 Å². The number of nitrogens with one attached hydrogen (secondary N) is 3. The summed E-state index contributed by atoms with van der Waals surface area (Å²) in [6.07, 6.45) is 1.96. The van der Waals surface area contributed by atoms with E-state index in [9.17, 15) is 13.2 Å². The van der Waals surface area contributed by atoms with Crippen molar-refractivity contribution in [1.29, 1.82) is 0 Å². The van der Waals surface area contributed by atoms with Crippen LogP contribution in [0.15, 0.2) is 76.5 Å². The van der Waals surface area contributed by atoms with Gasteiger partial charge in [0.15, 0.2) is 0 Å². The summed E-state index contributed by atoms with van der Waals surface area (Å²) in [5.41, 5.74) is 3.65. The van der Waals surface area contributed by atoms with Crippen LogP contribution < -0.4 is 15.4 Å². The number of thioether (sulfide) groups is 1. The minimum absolute atomic E-state index is 0.0203.